The maximum Gasteiger partial charge on any atom is 0.573 e. The third-order valence-electron chi connectivity index (χ3n) is 9.01. The fourth-order valence-corrected chi connectivity index (χ4v) is 7.49. The van der Waals surface area contributed by atoms with Crippen molar-refractivity contribution >= 4 is 22.6 Å². The quantitative estimate of drug-likeness (QED) is 0.303. The van der Waals surface area contributed by atoms with Gasteiger partial charge in [0.2, 0.25) is 0 Å². The first kappa shape index (κ1) is 27.4. The van der Waals surface area contributed by atoms with Gasteiger partial charge in [-0.15, -0.1) is 13.2 Å². The smallest absolute Gasteiger partial charge is 0.487 e. The van der Waals surface area contributed by atoms with E-state index in [1.807, 2.05) is 0 Å². The van der Waals surface area contributed by atoms with Gasteiger partial charge in [0.05, 0.1) is 5.56 Å². The van der Waals surface area contributed by atoms with Crippen LogP contribution in [0.4, 0.5) is 17.6 Å². The summed E-state index contributed by atoms with van der Waals surface area (Å²) >= 11 is 0. The van der Waals surface area contributed by atoms with E-state index >= 15 is 0 Å². The van der Waals surface area contributed by atoms with E-state index in [0.717, 1.165) is 44.2 Å². The fraction of sp³-hybridized carbons (Fsp3) is 0.419. The molecule has 5 atom stereocenters. The molecule has 7 rings (SSSR count). The first-order chi connectivity index (χ1) is 19.5. The summed E-state index contributed by atoms with van der Waals surface area (Å²) in [5.74, 6) is -1.51. The summed E-state index contributed by atoms with van der Waals surface area (Å²) in [4.78, 5) is 26.7. The molecule has 2 unspecified atom stereocenters. The molecule has 0 spiro atoms. The van der Waals surface area contributed by atoms with Crippen LogP contribution in [0.5, 0.6) is 11.5 Å². The number of fused-ring (bicyclic) bond motifs is 2. The van der Waals surface area contributed by atoms with Gasteiger partial charge in [0.15, 0.2) is 0 Å². The number of hydrogen-bond donors (Lipinski definition) is 2. The number of halogens is 4. The Morgan fingerprint density at radius 3 is 2.24 bits per heavy atom. The number of rotatable bonds is 7. The molecule has 0 saturated heterocycles. The molecular weight excluding hydrogens is 542 g/mol. The summed E-state index contributed by atoms with van der Waals surface area (Å²) in [6.07, 6.45) is 0.157. The molecule has 3 aromatic rings. The number of carboxylic acids is 1. The number of amides is 1. The van der Waals surface area contributed by atoms with Gasteiger partial charge in [-0.1, -0.05) is 30.3 Å². The van der Waals surface area contributed by atoms with Crippen LogP contribution >= 0.6 is 0 Å². The standard InChI is InChI=1S/C31H29F4NO5/c32-26-3-1-2-24-23(26)8-9-25(27(24)40-16-17-4-6-22(7-5-17)41-31(33,34)35)28(37)36-30(29(38)39)15-20-11-18-10-19(12-20)14-21(30)13-18/h1-9,18-21H,10-16H2,(H,36,37)(H,38,39)/t18-,19+,20?,21?,30-/m0/s1. The first-order valence-electron chi connectivity index (χ1n) is 13.8. The van der Waals surface area contributed by atoms with Crippen molar-refractivity contribution in [1.82, 2.24) is 5.32 Å². The lowest BCUT2D eigenvalue weighted by atomic mass is 9.66. The van der Waals surface area contributed by atoms with Gasteiger partial charge in [0, 0.05) is 10.8 Å². The average molecular weight is 572 g/mol. The van der Waals surface area contributed by atoms with Crippen molar-refractivity contribution in [3.8, 4) is 11.5 Å². The molecule has 0 aromatic heterocycles. The molecule has 0 heterocycles. The normalized spacial score (nSPS) is 26.9. The van der Waals surface area contributed by atoms with Crippen molar-refractivity contribution in [3.63, 3.8) is 0 Å². The highest BCUT2D eigenvalue weighted by atomic mass is 19.4. The minimum Gasteiger partial charge on any atom is -0.487 e. The van der Waals surface area contributed by atoms with Crippen molar-refractivity contribution in [2.24, 2.45) is 23.7 Å². The molecule has 0 radical (unpaired) electrons. The van der Waals surface area contributed by atoms with Gasteiger partial charge in [0.25, 0.3) is 5.91 Å². The zero-order valence-corrected chi connectivity index (χ0v) is 22.0. The molecule has 6 nitrogen and oxygen atoms in total. The molecule has 4 fully saturated rings. The Morgan fingerprint density at radius 1 is 0.902 bits per heavy atom. The van der Waals surface area contributed by atoms with Crippen molar-refractivity contribution in [2.45, 2.75) is 57.0 Å². The summed E-state index contributed by atoms with van der Waals surface area (Å²) in [5.41, 5.74) is -0.864. The van der Waals surface area contributed by atoms with E-state index in [1.165, 1.54) is 36.4 Å². The highest BCUT2D eigenvalue weighted by molar-refractivity contribution is 6.05. The molecule has 10 heteroatoms. The monoisotopic (exact) mass is 571 g/mol. The van der Waals surface area contributed by atoms with Gasteiger partial charge in [-0.25, -0.2) is 9.18 Å². The summed E-state index contributed by atoms with van der Waals surface area (Å²) in [6, 6.07) is 12.3. The van der Waals surface area contributed by atoms with Crippen LogP contribution in [-0.4, -0.2) is 28.9 Å². The maximum absolute atomic E-state index is 14.7. The lowest BCUT2D eigenvalue weighted by Crippen LogP contribution is -2.59. The van der Waals surface area contributed by atoms with Gasteiger partial charge in [-0.2, -0.15) is 0 Å². The second kappa shape index (κ2) is 10.2. The Hall–Kier alpha value is -3.82. The van der Waals surface area contributed by atoms with E-state index in [2.05, 4.69) is 10.1 Å². The summed E-state index contributed by atoms with van der Waals surface area (Å²) in [5, 5.41) is 14.0. The Labute approximate surface area is 233 Å². The molecule has 0 aliphatic heterocycles. The van der Waals surface area contributed by atoms with Crippen LogP contribution in [0.2, 0.25) is 0 Å². The Kier molecular flexibility index (Phi) is 6.82. The fourth-order valence-electron chi connectivity index (χ4n) is 7.49. The van der Waals surface area contributed by atoms with Crippen LogP contribution in [0, 0.1) is 29.5 Å². The Balaban J connectivity index is 1.31. The van der Waals surface area contributed by atoms with Gasteiger partial charge in [0.1, 0.15) is 29.5 Å². The number of carbonyl (C=O) groups excluding carboxylic acids is 1. The minimum absolute atomic E-state index is 0.0599. The molecule has 4 bridgehead atoms. The highest BCUT2D eigenvalue weighted by Gasteiger charge is 2.56. The second-order valence-corrected chi connectivity index (χ2v) is 11.7. The van der Waals surface area contributed by atoms with E-state index in [4.69, 9.17) is 4.74 Å². The lowest BCUT2D eigenvalue weighted by molar-refractivity contribution is -0.274. The van der Waals surface area contributed by atoms with E-state index in [1.54, 1.807) is 6.07 Å². The van der Waals surface area contributed by atoms with Crippen molar-refractivity contribution < 1.29 is 41.7 Å². The van der Waals surface area contributed by atoms with Gasteiger partial charge in [-0.05, 0) is 92.0 Å². The number of nitrogens with one attached hydrogen (secondary N) is 1. The predicted molar refractivity (Wildman–Crippen MR) is 141 cm³/mol. The first-order valence-corrected chi connectivity index (χ1v) is 13.8. The van der Waals surface area contributed by atoms with Crippen LogP contribution in [0.1, 0.15) is 54.4 Å². The number of aliphatic carboxylic acids is 1. The summed E-state index contributed by atoms with van der Waals surface area (Å²) in [6.45, 7) is -0.139. The number of carbonyl (C=O) groups is 2. The summed E-state index contributed by atoms with van der Waals surface area (Å²) < 4.78 is 62.2. The minimum atomic E-state index is -4.82. The van der Waals surface area contributed by atoms with E-state index in [-0.39, 0.29) is 35.1 Å². The number of benzene rings is 3. The van der Waals surface area contributed by atoms with Crippen molar-refractivity contribution in [3.05, 3.63) is 71.5 Å². The van der Waals surface area contributed by atoms with Crippen molar-refractivity contribution in [1.29, 1.82) is 0 Å². The molecular formula is C31H29F4NO5. The predicted octanol–water partition coefficient (Wildman–Crippen LogP) is 6.86. The average Bonchev–Trinajstić information content (AvgIpc) is 3.07. The molecule has 4 aliphatic carbocycles. The molecule has 216 valence electrons. The van der Waals surface area contributed by atoms with E-state index < -0.39 is 35.3 Å². The number of ether oxygens (including phenoxy) is 2. The van der Waals surface area contributed by atoms with Gasteiger partial charge < -0.3 is 19.9 Å². The van der Waals surface area contributed by atoms with E-state index in [0.29, 0.717) is 29.2 Å². The second-order valence-electron chi connectivity index (χ2n) is 11.7. The lowest BCUT2D eigenvalue weighted by Gasteiger charge is -2.41. The number of hydrogen-bond acceptors (Lipinski definition) is 4. The zero-order valence-electron chi connectivity index (χ0n) is 22.0. The maximum atomic E-state index is 14.7. The van der Waals surface area contributed by atoms with Crippen molar-refractivity contribution in [2.75, 3.05) is 0 Å². The topological polar surface area (TPSA) is 84.9 Å². The van der Waals surface area contributed by atoms with Gasteiger partial charge in [-0.3, -0.25) is 4.79 Å². The van der Waals surface area contributed by atoms with Crippen LogP contribution < -0.4 is 14.8 Å². The molecule has 41 heavy (non-hydrogen) atoms. The SMILES string of the molecule is O=C(N[C@@]1(C(=O)O)CC2C[C@@H]3CC1C[C@H](C2)C3)c1ccc2c(F)cccc2c1OCc1ccc(OC(F)(F)F)cc1. The molecule has 4 aliphatic rings. The molecule has 3 aromatic carbocycles. The van der Waals surface area contributed by atoms with Crippen LogP contribution in [0.3, 0.4) is 0 Å². The number of alkyl halides is 3. The Bertz CT molecular complexity index is 1480. The Morgan fingerprint density at radius 2 is 1.59 bits per heavy atom. The summed E-state index contributed by atoms with van der Waals surface area (Å²) in [7, 11) is 0. The molecule has 2 N–H and O–H groups in total. The zero-order chi connectivity index (χ0) is 28.9. The van der Waals surface area contributed by atoms with Crippen LogP contribution in [0.25, 0.3) is 10.8 Å². The largest absolute Gasteiger partial charge is 0.573 e. The van der Waals surface area contributed by atoms with Crippen LogP contribution in [0.15, 0.2) is 54.6 Å². The molecule has 4 saturated carbocycles. The highest BCUT2D eigenvalue weighted by Crippen LogP contribution is 2.55. The third kappa shape index (κ3) is 5.31. The molecule has 1 amide bonds. The van der Waals surface area contributed by atoms with Crippen LogP contribution in [-0.2, 0) is 11.4 Å². The van der Waals surface area contributed by atoms with Gasteiger partial charge >= 0.3 is 12.3 Å². The third-order valence-corrected chi connectivity index (χ3v) is 9.01. The number of carboxylic acid groups (broad SMARTS) is 1. The van der Waals surface area contributed by atoms with E-state index in [9.17, 15) is 32.3 Å².